The molecular formula is C16H24N4O2. The van der Waals surface area contributed by atoms with Crippen LogP contribution in [0.25, 0.3) is 0 Å². The van der Waals surface area contributed by atoms with Gasteiger partial charge in [-0.1, -0.05) is 6.07 Å². The Bertz CT molecular complexity index is 468. The number of piperazine rings is 1. The van der Waals surface area contributed by atoms with Crippen molar-refractivity contribution in [1.82, 2.24) is 20.1 Å². The van der Waals surface area contributed by atoms with E-state index in [1.54, 1.807) is 0 Å². The van der Waals surface area contributed by atoms with Crippen LogP contribution in [-0.2, 0) is 11.3 Å². The fourth-order valence-corrected chi connectivity index (χ4v) is 2.95. The van der Waals surface area contributed by atoms with Gasteiger partial charge in [0.1, 0.15) is 0 Å². The molecule has 120 valence electrons. The summed E-state index contributed by atoms with van der Waals surface area (Å²) in [6.07, 6.45) is 4.18. The van der Waals surface area contributed by atoms with Gasteiger partial charge >= 0.3 is 6.03 Å². The first-order chi connectivity index (χ1) is 10.8. The molecule has 2 amide bonds. The number of carbonyl (C=O) groups is 1. The van der Waals surface area contributed by atoms with E-state index in [1.165, 1.54) is 0 Å². The van der Waals surface area contributed by atoms with Crippen LogP contribution >= 0.6 is 0 Å². The molecule has 3 heterocycles. The van der Waals surface area contributed by atoms with Gasteiger partial charge in [0, 0.05) is 52.1 Å². The number of carbonyl (C=O) groups excluding carboxylic acids is 1. The normalized spacial score (nSPS) is 22.7. The minimum atomic E-state index is 0.0352. The Labute approximate surface area is 131 Å². The van der Waals surface area contributed by atoms with Crippen molar-refractivity contribution in [2.75, 3.05) is 39.3 Å². The van der Waals surface area contributed by atoms with E-state index in [0.717, 1.165) is 57.9 Å². The molecule has 0 aromatic carbocycles. The van der Waals surface area contributed by atoms with Gasteiger partial charge in [0.15, 0.2) is 0 Å². The summed E-state index contributed by atoms with van der Waals surface area (Å²) in [5.74, 6) is 0. The standard InChI is InChI=1S/C16H24N4O2/c21-16(18-12-15-5-3-11-22-15)20-9-7-19(8-10-20)13-14-4-1-2-6-17-14/h1-2,4,6,15H,3,5,7-13H2,(H,18,21)/t15-/m1/s1. The molecule has 1 aromatic rings. The van der Waals surface area contributed by atoms with Crippen molar-refractivity contribution in [3.05, 3.63) is 30.1 Å². The van der Waals surface area contributed by atoms with E-state index in [1.807, 2.05) is 29.3 Å². The van der Waals surface area contributed by atoms with Crippen molar-refractivity contribution in [3.63, 3.8) is 0 Å². The highest BCUT2D eigenvalue weighted by Crippen LogP contribution is 2.11. The molecule has 3 rings (SSSR count). The van der Waals surface area contributed by atoms with Gasteiger partial charge < -0.3 is 15.0 Å². The highest BCUT2D eigenvalue weighted by Gasteiger charge is 2.22. The largest absolute Gasteiger partial charge is 0.376 e. The third kappa shape index (κ3) is 4.18. The third-order valence-electron chi connectivity index (χ3n) is 4.28. The zero-order valence-corrected chi connectivity index (χ0v) is 12.9. The number of hydrogen-bond donors (Lipinski definition) is 1. The summed E-state index contributed by atoms with van der Waals surface area (Å²) >= 11 is 0. The van der Waals surface area contributed by atoms with Crippen molar-refractivity contribution in [1.29, 1.82) is 0 Å². The molecule has 0 aliphatic carbocycles. The summed E-state index contributed by atoms with van der Waals surface area (Å²) in [6, 6.07) is 6.02. The smallest absolute Gasteiger partial charge is 0.317 e. The van der Waals surface area contributed by atoms with Crippen LogP contribution in [0.1, 0.15) is 18.5 Å². The molecule has 1 N–H and O–H groups in total. The lowest BCUT2D eigenvalue weighted by molar-refractivity contribution is 0.103. The number of nitrogens with zero attached hydrogens (tertiary/aromatic N) is 3. The van der Waals surface area contributed by atoms with Crippen molar-refractivity contribution in [2.45, 2.75) is 25.5 Å². The van der Waals surface area contributed by atoms with E-state index in [4.69, 9.17) is 4.74 Å². The molecule has 0 bridgehead atoms. The second kappa shape index (κ2) is 7.56. The van der Waals surface area contributed by atoms with E-state index in [0.29, 0.717) is 6.54 Å². The van der Waals surface area contributed by atoms with Crippen molar-refractivity contribution in [2.24, 2.45) is 0 Å². The third-order valence-corrected chi connectivity index (χ3v) is 4.28. The fraction of sp³-hybridized carbons (Fsp3) is 0.625. The number of aromatic nitrogens is 1. The summed E-state index contributed by atoms with van der Waals surface area (Å²) in [6.45, 7) is 5.63. The van der Waals surface area contributed by atoms with Crippen molar-refractivity contribution in [3.8, 4) is 0 Å². The average molecular weight is 304 g/mol. The molecular weight excluding hydrogens is 280 g/mol. The van der Waals surface area contributed by atoms with Crippen LogP contribution in [0.3, 0.4) is 0 Å². The van der Waals surface area contributed by atoms with Crippen molar-refractivity contribution >= 4 is 6.03 Å². The van der Waals surface area contributed by atoms with Crippen LogP contribution in [0.5, 0.6) is 0 Å². The SMILES string of the molecule is O=C(NC[C@H]1CCCO1)N1CCN(Cc2ccccn2)CC1. The van der Waals surface area contributed by atoms with E-state index in [2.05, 4.69) is 15.2 Å². The number of ether oxygens (including phenoxy) is 1. The van der Waals surface area contributed by atoms with E-state index < -0.39 is 0 Å². The predicted molar refractivity (Wildman–Crippen MR) is 83.5 cm³/mol. The van der Waals surface area contributed by atoms with E-state index in [9.17, 15) is 4.79 Å². The molecule has 2 aliphatic heterocycles. The highest BCUT2D eigenvalue weighted by molar-refractivity contribution is 5.74. The molecule has 2 saturated heterocycles. The van der Waals surface area contributed by atoms with Crippen LogP contribution in [-0.4, -0.2) is 66.2 Å². The van der Waals surface area contributed by atoms with Gasteiger partial charge in [-0.15, -0.1) is 0 Å². The van der Waals surface area contributed by atoms with Crippen molar-refractivity contribution < 1.29 is 9.53 Å². The van der Waals surface area contributed by atoms with Gasteiger partial charge in [0.05, 0.1) is 11.8 Å². The maximum atomic E-state index is 12.1. The minimum absolute atomic E-state index is 0.0352. The molecule has 2 aliphatic rings. The summed E-state index contributed by atoms with van der Waals surface area (Å²) in [5.41, 5.74) is 1.08. The zero-order valence-electron chi connectivity index (χ0n) is 12.9. The topological polar surface area (TPSA) is 57.7 Å². The first kappa shape index (κ1) is 15.2. The molecule has 6 heteroatoms. The summed E-state index contributed by atoms with van der Waals surface area (Å²) in [7, 11) is 0. The van der Waals surface area contributed by atoms with Crippen LogP contribution in [0.4, 0.5) is 4.79 Å². The molecule has 0 spiro atoms. The molecule has 6 nitrogen and oxygen atoms in total. The monoisotopic (exact) mass is 304 g/mol. The molecule has 1 atom stereocenters. The maximum absolute atomic E-state index is 12.1. The zero-order chi connectivity index (χ0) is 15.2. The predicted octanol–water partition coefficient (Wildman–Crippen LogP) is 1.09. The highest BCUT2D eigenvalue weighted by atomic mass is 16.5. The Hall–Kier alpha value is -1.66. The first-order valence-corrected chi connectivity index (χ1v) is 8.08. The van der Waals surface area contributed by atoms with Crippen LogP contribution in [0.15, 0.2) is 24.4 Å². The summed E-state index contributed by atoms with van der Waals surface area (Å²) in [4.78, 5) is 20.7. The van der Waals surface area contributed by atoms with Crippen LogP contribution < -0.4 is 5.32 Å². The summed E-state index contributed by atoms with van der Waals surface area (Å²) < 4.78 is 5.53. The lowest BCUT2D eigenvalue weighted by Crippen LogP contribution is -2.52. The van der Waals surface area contributed by atoms with Gasteiger partial charge in [-0.05, 0) is 25.0 Å². The second-order valence-electron chi connectivity index (χ2n) is 5.91. The quantitative estimate of drug-likeness (QED) is 0.904. The minimum Gasteiger partial charge on any atom is -0.376 e. The van der Waals surface area contributed by atoms with Crippen LogP contribution in [0, 0.1) is 0 Å². The second-order valence-corrected chi connectivity index (χ2v) is 5.91. The maximum Gasteiger partial charge on any atom is 0.317 e. The molecule has 0 radical (unpaired) electrons. The Morgan fingerprint density at radius 1 is 1.32 bits per heavy atom. The van der Waals surface area contributed by atoms with Gasteiger partial charge in [0.25, 0.3) is 0 Å². The van der Waals surface area contributed by atoms with Gasteiger partial charge in [-0.2, -0.15) is 0 Å². The first-order valence-electron chi connectivity index (χ1n) is 8.08. The van der Waals surface area contributed by atoms with Gasteiger partial charge in [0.2, 0.25) is 0 Å². The number of amides is 2. The molecule has 22 heavy (non-hydrogen) atoms. The average Bonchev–Trinajstić information content (AvgIpc) is 3.08. The van der Waals surface area contributed by atoms with E-state index >= 15 is 0 Å². The number of hydrogen-bond acceptors (Lipinski definition) is 4. The Morgan fingerprint density at radius 3 is 2.86 bits per heavy atom. The summed E-state index contributed by atoms with van der Waals surface area (Å²) in [5, 5.41) is 2.99. The Kier molecular flexibility index (Phi) is 5.24. The number of urea groups is 1. The van der Waals surface area contributed by atoms with E-state index in [-0.39, 0.29) is 12.1 Å². The number of rotatable bonds is 4. The number of nitrogens with one attached hydrogen (secondary N) is 1. The number of pyridine rings is 1. The van der Waals surface area contributed by atoms with Gasteiger partial charge in [-0.3, -0.25) is 9.88 Å². The fourth-order valence-electron chi connectivity index (χ4n) is 2.95. The van der Waals surface area contributed by atoms with Gasteiger partial charge in [-0.25, -0.2) is 4.79 Å². The lowest BCUT2D eigenvalue weighted by Gasteiger charge is -2.34. The molecule has 2 fully saturated rings. The lowest BCUT2D eigenvalue weighted by atomic mass is 10.2. The molecule has 0 saturated carbocycles. The Balaban J connectivity index is 1.38. The van der Waals surface area contributed by atoms with Crippen LogP contribution in [0.2, 0.25) is 0 Å². The Morgan fingerprint density at radius 2 is 2.18 bits per heavy atom. The molecule has 0 unspecified atom stereocenters. The molecule has 1 aromatic heterocycles.